The van der Waals surface area contributed by atoms with Crippen molar-refractivity contribution in [2.75, 3.05) is 25.0 Å². The molecule has 2 aliphatic rings. The second kappa shape index (κ2) is 6.33. The van der Waals surface area contributed by atoms with Crippen LogP contribution in [0.5, 0.6) is 0 Å². The maximum atomic E-state index is 4.48. The van der Waals surface area contributed by atoms with E-state index in [1.54, 1.807) is 6.33 Å². The van der Waals surface area contributed by atoms with Crippen molar-refractivity contribution in [3.63, 3.8) is 0 Å². The van der Waals surface area contributed by atoms with Crippen LogP contribution in [-0.2, 0) is 12.8 Å². The Kier molecular flexibility index (Phi) is 4.28. The third-order valence-electron chi connectivity index (χ3n) is 4.39. The summed E-state index contributed by atoms with van der Waals surface area (Å²) in [4.78, 5) is 8.95. The van der Waals surface area contributed by atoms with Crippen molar-refractivity contribution in [3.05, 3.63) is 17.6 Å². The molecular weight excluding hydrogens is 236 g/mol. The lowest BCUT2D eigenvalue weighted by atomic mass is 9.98. The number of nitrogens with zero attached hydrogens (tertiary/aromatic N) is 2. The van der Waals surface area contributed by atoms with E-state index in [4.69, 9.17) is 0 Å². The van der Waals surface area contributed by atoms with E-state index in [0.717, 1.165) is 44.2 Å². The smallest absolute Gasteiger partial charge is 0.132 e. The SMILES string of the molecule is c1nc2c(c(NCC3CCNCC3)n1)CCCCC2. The van der Waals surface area contributed by atoms with Crippen LogP contribution in [0.15, 0.2) is 6.33 Å². The standard InChI is InChI=1S/C15H24N4/c1-2-4-13-14(5-3-1)18-11-19-15(13)17-10-12-6-8-16-9-7-12/h11-12,16H,1-10H2,(H,17,18,19). The number of fused-ring (bicyclic) bond motifs is 1. The summed E-state index contributed by atoms with van der Waals surface area (Å²) in [6.45, 7) is 3.38. The molecule has 1 aliphatic carbocycles. The average molecular weight is 260 g/mol. The van der Waals surface area contributed by atoms with Crippen LogP contribution >= 0.6 is 0 Å². The van der Waals surface area contributed by atoms with Crippen LogP contribution in [0.4, 0.5) is 5.82 Å². The molecule has 0 amide bonds. The Labute approximate surface area is 115 Å². The quantitative estimate of drug-likeness (QED) is 0.818. The summed E-state index contributed by atoms with van der Waals surface area (Å²) in [7, 11) is 0. The lowest BCUT2D eigenvalue weighted by Crippen LogP contribution is -2.31. The highest BCUT2D eigenvalue weighted by atomic mass is 15.0. The molecule has 0 radical (unpaired) electrons. The van der Waals surface area contributed by atoms with Gasteiger partial charge in [0.1, 0.15) is 12.1 Å². The summed E-state index contributed by atoms with van der Waals surface area (Å²) < 4.78 is 0. The summed E-state index contributed by atoms with van der Waals surface area (Å²) >= 11 is 0. The minimum absolute atomic E-state index is 0.789. The summed E-state index contributed by atoms with van der Waals surface area (Å²) in [5, 5.41) is 7.01. The number of rotatable bonds is 3. The third-order valence-corrected chi connectivity index (χ3v) is 4.39. The zero-order chi connectivity index (χ0) is 12.9. The van der Waals surface area contributed by atoms with Gasteiger partial charge in [0.15, 0.2) is 0 Å². The van der Waals surface area contributed by atoms with Gasteiger partial charge >= 0.3 is 0 Å². The predicted molar refractivity (Wildman–Crippen MR) is 77.4 cm³/mol. The largest absolute Gasteiger partial charge is 0.369 e. The Hall–Kier alpha value is -1.16. The van der Waals surface area contributed by atoms with Crippen LogP contribution in [-0.4, -0.2) is 29.6 Å². The Morgan fingerprint density at radius 3 is 2.84 bits per heavy atom. The highest BCUT2D eigenvalue weighted by Gasteiger charge is 2.16. The fourth-order valence-electron chi connectivity index (χ4n) is 3.18. The molecule has 0 bridgehead atoms. The van der Waals surface area contributed by atoms with Gasteiger partial charge in [-0.15, -0.1) is 0 Å². The van der Waals surface area contributed by atoms with Crippen molar-refractivity contribution in [2.24, 2.45) is 5.92 Å². The topological polar surface area (TPSA) is 49.8 Å². The van der Waals surface area contributed by atoms with Crippen LogP contribution in [0.2, 0.25) is 0 Å². The van der Waals surface area contributed by atoms with Crippen molar-refractivity contribution < 1.29 is 0 Å². The van der Waals surface area contributed by atoms with Crippen molar-refractivity contribution in [3.8, 4) is 0 Å². The van der Waals surface area contributed by atoms with Crippen LogP contribution in [0.1, 0.15) is 43.4 Å². The molecular formula is C15H24N4. The molecule has 4 heteroatoms. The summed E-state index contributed by atoms with van der Waals surface area (Å²) in [6.07, 6.45) is 10.4. The van der Waals surface area contributed by atoms with Gasteiger partial charge in [0.2, 0.25) is 0 Å². The van der Waals surface area contributed by atoms with E-state index in [2.05, 4.69) is 20.6 Å². The van der Waals surface area contributed by atoms with Gasteiger partial charge in [0.05, 0.1) is 0 Å². The normalized spacial score (nSPS) is 20.6. The molecule has 19 heavy (non-hydrogen) atoms. The number of nitrogens with one attached hydrogen (secondary N) is 2. The molecule has 4 nitrogen and oxygen atoms in total. The lowest BCUT2D eigenvalue weighted by Gasteiger charge is -2.23. The van der Waals surface area contributed by atoms with Crippen LogP contribution in [0.3, 0.4) is 0 Å². The molecule has 104 valence electrons. The van der Waals surface area contributed by atoms with Crippen LogP contribution < -0.4 is 10.6 Å². The molecule has 1 aromatic rings. The van der Waals surface area contributed by atoms with E-state index in [-0.39, 0.29) is 0 Å². The molecule has 2 heterocycles. The molecule has 1 aliphatic heterocycles. The maximum absolute atomic E-state index is 4.48. The Balaban J connectivity index is 1.66. The first-order chi connectivity index (χ1) is 9.43. The van der Waals surface area contributed by atoms with Gasteiger partial charge in [-0.05, 0) is 57.5 Å². The average Bonchev–Trinajstić information content (AvgIpc) is 2.72. The minimum atomic E-state index is 0.789. The van der Waals surface area contributed by atoms with E-state index in [0.29, 0.717) is 0 Å². The van der Waals surface area contributed by atoms with Gasteiger partial charge in [0.25, 0.3) is 0 Å². The maximum Gasteiger partial charge on any atom is 0.132 e. The summed E-state index contributed by atoms with van der Waals surface area (Å²) in [5.41, 5.74) is 2.66. The number of aryl methyl sites for hydroxylation is 1. The first-order valence-corrected chi connectivity index (χ1v) is 7.71. The molecule has 1 saturated heterocycles. The monoisotopic (exact) mass is 260 g/mol. The molecule has 1 aromatic heterocycles. The second-order valence-electron chi connectivity index (χ2n) is 5.78. The lowest BCUT2D eigenvalue weighted by molar-refractivity contribution is 0.389. The van der Waals surface area contributed by atoms with Crippen molar-refractivity contribution >= 4 is 5.82 Å². The number of hydrogen-bond acceptors (Lipinski definition) is 4. The van der Waals surface area contributed by atoms with Crippen molar-refractivity contribution in [1.29, 1.82) is 0 Å². The van der Waals surface area contributed by atoms with Crippen LogP contribution in [0, 0.1) is 5.92 Å². The van der Waals surface area contributed by atoms with E-state index < -0.39 is 0 Å². The van der Waals surface area contributed by atoms with Crippen LogP contribution in [0.25, 0.3) is 0 Å². The number of aromatic nitrogens is 2. The molecule has 0 aromatic carbocycles. The van der Waals surface area contributed by atoms with E-state index in [1.807, 2.05) is 0 Å². The first kappa shape index (κ1) is 12.9. The Morgan fingerprint density at radius 1 is 1.11 bits per heavy atom. The van der Waals surface area contributed by atoms with Gasteiger partial charge in [-0.1, -0.05) is 6.42 Å². The van der Waals surface area contributed by atoms with Crippen molar-refractivity contribution in [2.45, 2.75) is 44.9 Å². The molecule has 1 fully saturated rings. The van der Waals surface area contributed by atoms with Gasteiger partial charge < -0.3 is 10.6 Å². The number of hydrogen-bond donors (Lipinski definition) is 2. The molecule has 0 spiro atoms. The predicted octanol–water partition coefficient (Wildman–Crippen LogP) is 2.16. The molecule has 0 atom stereocenters. The first-order valence-electron chi connectivity index (χ1n) is 7.71. The van der Waals surface area contributed by atoms with Gasteiger partial charge in [-0.2, -0.15) is 0 Å². The molecule has 2 N–H and O–H groups in total. The molecule has 0 saturated carbocycles. The molecule has 0 unspecified atom stereocenters. The van der Waals surface area contributed by atoms with Crippen molar-refractivity contribution in [1.82, 2.24) is 15.3 Å². The van der Waals surface area contributed by atoms with E-state index in [1.165, 1.54) is 43.4 Å². The van der Waals surface area contributed by atoms with Gasteiger partial charge in [-0.3, -0.25) is 0 Å². The number of piperidine rings is 1. The fourth-order valence-corrected chi connectivity index (χ4v) is 3.18. The van der Waals surface area contributed by atoms with Gasteiger partial charge in [0, 0.05) is 17.8 Å². The second-order valence-corrected chi connectivity index (χ2v) is 5.78. The third kappa shape index (κ3) is 3.24. The zero-order valence-electron chi connectivity index (χ0n) is 11.6. The fraction of sp³-hybridized carbons (Fsp3) is 0.733. The highest BCUT2D eigenvalue weighted by molar-refractivity contribution is 5.46. The van der Waals surface area contributed by atoms with E-state index in [9.17, 15) is 0 Å². The van der Waals surface area contributed by atoms with Gasteiger partial charge in [-0.25, -0.2) is 9.97 Å². The Morgan fingerprint density at radius 2 is 1.95 bits per heavy atom. The highest BCUT2D eigenvalue weighted by Crippen LogP contribution is 2.24. The summed E-state index contributed by atoms with van der Waals surface area (Å²) in [5.74, 6) is 1.89. The Bertz CT molecular complexity index is 413. The minimum Gasteiger partial charge on any atom is -0.369 e. The summed E-state index contributed by atoms with van der Waals surface area (Å²) in [6, 6.07) is 0. The molecule has 3 rings (SSSR count). The number of anilines is 1. The van der Waals surface area contributed by atoms with E-state index >= 15 is 0 Å². The zero-order valence-corrected chi connectivity index (χ0v) is 11.6.